The van der Waals surface area contributed by atoms with Crippen molar-refractivity contribution < 1.29 is 4.74 Å². The lowest BCUT2D eigenvalue weighted by Crippen LogP contribution is -2.39. The van der Waals surface area contributed by atoms with Crippen LogP contribution in [0.15, 0.2) is 18.5 Å². The number of nitrogens with zero attached hydrogens (tertiary/aromatic N) is 4. The second-order valence-corrected chi connectivity index (χ2v) is 6.24. The summed E-state index contributed by atoms with van der Waals surface area (Å²) in [5.74, 6) is 0.917. The van der Waals surface area contributed by atoms with E-state index in [4.69, 9.17) is 16.3 Å². The van der Waals surface area contributed by atoms with Crippen LogP contribution in [0.3, 0.4) is 0 Å². The number of alkyl halides is 1. The van der Waals surface area contributed by atoms with E-state index in [0.29, 0.717) is 6.04 Å². The van der Waals surface area contributed by atoms with Gasteiger partial charge in [0.15, 0.2) is 0 Å². The molecule has 0 aliphatic carbocycles. The van der Waals surface area contributed by atoms with Crippen LogP contribution in [0, 0.1) is 0 Å². The van der Waals surface area contributed by atoms with Crippen molar-refractivity contribution in [3.63, 3.8) is 0 Å². The van der Waals surface area contributed by atoms with Gasteiger partial charge >= 0.3 is 0 Å². The highest BCUT2D eigenvalue weighted by atomic mass is 35.5. The molecule has 1 aliphatic rings. The SMILES string of the molecule is CC(Cl)c1nc2cnccc2n1C(C)CN1CCOCC1. The number of ether oxygens (including phenoxy) is 1. The molecule has 2 aromatic heterocycles. The highest BCUT2D eigenvalue weighted by Gasteiger charge is 2.21. The number of morpholine rings is 1. The molecule has 3 rings (SSSR count). The Morgan fingerprint density at radius 1 is 1.33 bits per heavy atom. The predicted molar refractivity (Wildman–Crippen MR) is 83.8 cm³/mol. The molecule has 0 aromatic carbocycles. The third-order valence-electron chi connectivity index (χ3n) is 3.94. The minimum atomic E-state index is -0.121. The van der Waals surface area contributed by atoms with E-state index in [2.05, 4.69) is 26.4 Å². The van der Waals surface area contributed by atoms with Gasteiger partial charge in [-0.1, -0.05) is 0 Å². The molecular weight excluding hydrogens is 288 g/mol. The van der Waals surface area contributed by atoms with Gasteiger partial charge in [0.1, 0.15) is 11.3 Å². The van der Waals surface area contributed by atoms with Crippen molar-refractivity contribution in [3.8, 4) is 0 Å². The number of hydrogen-bond acceptors (Lipinski definition) is 4. The fraction of sp³-hybridized carbons (Fsp3) is 0.600. The molecule has 0 amide bonds. The van der Waals surface area contributed by atoms with Crippen LogP contribution in [-0.2, 0) is 4.74 Å². The monoisotopic (exact) mass is 308 g/mol. The smallest absolute Gasteiger partial charge is 0.128 e. The van der Waals surface area contributed by atoms with Crippen molar-refractivity contribution in [3.05, 3.63) is 24.3 Å². The van der Waals surface area contributed by atoms with Gasteiger partial charge in [0.05, 0.1) is 30.3 Å². The molecule has 1 saturated heterocycles. The summed E-state index contributed by atoms with van der Waals surface area (Å²) in [4.78, 5) is 11.2. The van der Waals surface area contributed by atoms with Crippen molar-refractivity contribution in [2.45, 2.75) is 25.3 Å². The molecule has 0 bridgehead atoms. The van der Waals surface area contributed by atoms with E-state index in [0.717, 1.165) is 49.7 Å². The first kappa shape index (κ1) is 14.8. The molecule has 0 radical (unpaired) electrons. The van der Waals surface area contributed by atoms with Crippen LogP contribution in [0.2, 0.25) is 0 Å². The number of hydrogen-bond donors (Lipinski definition) is 0. The van der Waals surface area contributed by atoms with Gasteiger partial charge in [-0.05, 0) is 19.9 Å². The van der Waals surface area contributed by atoms with E-state index < -0.39 is 0 Å². The lowest BCUT2D eigenvalue weighted by atomic mass is 10.2. The van der Waals surface area contributed by atoms with E-state index in [1.165, 1.54) is 0 Å². The number of rotatable bonds is 4. The number of fused-ring (bicyclic) bond motifs is 1. The molecule has 0 saturated carbocycles. The Hall–Kier alpha value is -1.17. The first-order chi connectivity index (χ1) is 10.2. The maximum atomic E-state index is 6.33. The van der Waals surface area contributed by atoms with Gasteiger partial charge in [0, 0.05) is 31.9 Å². The van der Waals surface area contributed by atoms with Gasteiger partial charge in [0.25, 0.3) is 0 Å². The maximum absolute atomic E-state index is 6.33. The Labute approximate surface area is 129 Å². The number of halogens is 1. The van der Waals surface area contributed by atoms with Crippen LogP contribution in [0.1, 0.15) is 31.1 Å². The lowest BCUT2D eigenvalue weighted by molar-refractivity contribution is 0.0326. The molecule has 2 unspecified atom stereocenters. The standard InChI is InChI=1S/C15H21ClN4O/c1-11(10-19-5-7-21-8-6-19)20-14-3-4-17-9-13(14)18-15(20)12(2)16/h3-4,9,11-12H,5-8,10H2,1-2H3. The molecule has 5 nitrogen and oxygen atoms in total. The zero-order valence-electron chi connectivity index (χ0n) is 12.5. The summed E-state index contributed by atoms with van der Waals surface area (Å²) in [6.07, 6.45) is 3.61. The van der Waals surface area contributed by atoms with Crippen LogP contribution in [0.25, 0.3) is 11.0 Å². The zero-order chi connectivity index (χ0) is 14.8. The second-order valence-electron chi connectivity index (χ2n) is 5.58. The van der Waals surface area contributed by atoms with E-state index in [1.54, 1.807) is 6.20 Å². The maximum Gasteiger partial charge on any atom is 0.128 e. The fourth-order valence-electron chi connectivity index (χ4n) is 2.95. The van der Waals surface area contributed by atoms with Gasteiger partial charge in [-0.3, -0.25) is 9.88 Å². The first-order valence-electron chi connectivity index (χ1n) is 7.43. The van der Waals surface area contributed by atoms with E-state index >= 15 is 0 Å². The summed E-state index contributed by atoms with van der Waals surface area (Å²) < 4.78 is 7.67. The number of aromatic nitrogens is 3. The Morgan fingerprint density at radius 3 is 2.81 bits per heavy atom. The van der Waals surface area contributed by atoms with Gasteiger partial charge in [0.2, 0.25) is 0 Å². The molecule has 1 fully saturated rings. The Morgan fingerprint density at radius 2 is 2.10 bits per heavy atom. The van der Waals surface area contributed by atoms with Crippen LogP contribution in [0.4, 0.5) is 0 Å². The summed E-state index contributed by atoms with van der Waals surface area (Å²) in [6, 6.07) is 2.33. The highest BCUT2D eigenvalue weighted by molar-refractivity contribution is 6.20. The number of pyridine rings is 1. The number of imidazole rings is 1. The van der Waals surface area contributed by atoms with Crippen molar-refractivity contribution >= 4 is 22.6 Å². The van der Waals surface area contributed by atoms with E-state index in [1.807, 2.05) is 19.2 Å². The molecule has 2 atom stereocenters. The van der Waals surface area contributed by atoms with Crippen molar-refractivity contribution in [2.75, 3.05) is 32.8 Å². The minimum absolute atomic E-state index is 0.121. The molecular formula is C15H21ClN4O. The molecule has 3 heterocycles. The topological polar surface area (TPSA) is 43.2 Å². The Bertz CT molecular complexity index is 607. The highest BCUT2D eigenvalue weighted by Crippen LogP contribution is 2.28. The summed E-state index contributed by atoms with van der Waals surface area (Å²) >= 11 is 6.33. The average Bonchev–Trinajstić information content (AvgIpc) is 2.88. The van der Waals surface area contributed by atoms with E-state index in [-0.39, 0.29) is 5.38 Å². The zero-order valence-corrected chi connectivity index (χ0v) is 13.3. The minimum Gasteiger partial charge on any atom is -0.379 e. The van der Waals surface area contributed by atoms with Crippen molar-refractivity contribution in [1.29, 1.82) is 0 Å². The quantitative estimate of drug-likeness (QED) is 0.814. The molecule has 6 heteroatoms. The van der Waals surface area contributed by atoms with Crippen LogP contribution in [-0.4, -0.2) is 52.3 Å². The molecule has 1 aliphatic heterocycles. The van der Waals surface area contributed by atoms with Gasteiger partial charge < -0.3 is 9.30 Å². The molecule has 21 heavy (non-hydrogen) atoms. The normalized spacial score (nSPS) is 19.8. The molecule has 0 N–H and O–H groups in total. The van der Waals surface area contributed by atoms with Gasteiger partial charge in [-0.2, -0.15) is 0 Å². The van der Waals surface area contributed by atoms with Gasteiger partial charge in [-0.15, -0.1) is 11.6 Å². The largest absolute Gasteiger partial charge is 0.379 e. The van der Waals surface area contributed by atoms with Gasteiger partial charge in [-0.25, -0.2) is 4.98 Å². The summed E-state index contributed by atoms with van der Waals surface area (Å²) in [7, 11) is 0. The molecule has 2 aromatic rings. The Kier molecular flexibility index (Phi) is 4.42. The van der Waals surface area contributed by atoms with Crippen LogP contribution < -0.4 is 0 Å². The summed E-state index contributed by atoms with van der Waals surface area (Å²) in [5.41, 5.74) is 2.02. The summed E-state index contributed by atoms with van der Waals surface area (Å²) in [6.45, 7) is 8.79. The van der Waals surface area contributed by atoms with Crippen LogP contribution >= 0.6 is 11.6 Å². The average molecular weight is 309 g/mol. The van der Waals surface area contributed by atoms with Crippen molar-refractivity contribution in [1.82, 2.24) is 19.4 Å². The predicted octanol–water partition coefficient (Wildman–Crippen LogP) is 2.62. The lowest BCUT2D eigenvalue weighted by Gasteiger charge is -2.30. The molecule has 114 valence electrons. The van der Waals surface area contributed by atoms with E-state index in [9.17, 15) is 0 Å². The third kappa shape index (κ3) is 3.05. The fourth-order valence-corrected chi connectivity index (χ4v) is 3.11. The third-order valence-corrected chi connectivity index (χ3v) is 4.14. The molecule has 0 spiro atoms. The first-order valence-corrected chi connectivity index (χ1v) is 7.86. The van der Waals surface area contributed by atoms with Crippen LogP contribution in [0.5, 0.6) is 0 Å². The second kappa shape index (κ2) is 6.30. The Balaban J connectivity index is 1.91. The summed E-state index contributed by atoms with van der Waals surface area (Å²) in [5, 5.41) is -0.121. The van der Waals surface area contributed by atoms with Crippen molar-refractivity contribution in [2.24, 2.45) is 0 Å².